The number of benzene rings is 1. The Labute approximate surface area is 174 Å². The lowest BCUT2D eigenvalue weighted by atomic mass is 9.80. The van der Waals surface area contributed by atoms with E-state index in [2.05, 4.69) is 43.1 Å². The van der Waals surface area contributed by atoms with Crippen molar-refractivity contribution in [1.29, 1.82) is 0 Å². The van der Waals surface area contributed by atoms with Gasteiger partial charge in [0, 0.05) is 18.8 Å². The van der Waals surface area contributed by atoms with Crippen molar-refractivity contribution < 1.29 is 4.79 Å². The largest absolute Gasteiger partial charge is 0.365 e. The van der Waals surface area contributed by atoms with Crippen LogP contribution >= 0.6 is 0 Å². The van der Waals surface area contributed by atoms with Gasteiger partial charge >= 0.3 is 0 Å². The highest BCUT2D eigenvalue weighted by Gasteiger charge is 2.36. The van der Waals surface area contributed by atoms with Gasteiger partial charge in [0.2, 0.25) is 0 Å². The highest BCUT2D eigenvalue weighted by molar-refractivity contribution is 5.98. The van der Waals surface area contributed by atoms with Crippen molar-refractivity contribution in [3.63, 3.8) is 0 Å². The van der Waals surface area contributed by atoms with Gasteiger partial charge in [0.05, 0.1) is 5.56 Å². The third kappa shape index (κ3) is 4.89. The molecule has 0 spiro atoms. The molecular formula is C24H34N4O. The van der Waals surface area contributed by atoms with Crippen LogP contribution in [0.3, 0.4) is 0 Å². The fourth-order valence-corrected chi connectivity index (χ4v) is 4.43. The van der Waals surface area contributed by atoms with E-state index in [1.54, 1.807) is 6.07 Å². The number of primary amides is 1. The number of hydrogen-bond donors (Lipinski definition) is 2. The van der Waals surface area contributed by atoms with Crippen LogP contribution in [-0.4, -0.2) is 24.0 Å². The Morgan fingerprint density at radius 2 is 1.90 bits per heavy atom. The Kier molecular flexibility index (Phi) is 6.78. The van der Waals surface area contributed by atoms with Crippen LogP contribution in [0.15, 0.2) is 36.4 Å². The van der Waals surface area contributed by atoms with Gasteiger partial charge in [-0.3, -0.25) is 4.79 Å². The average Bonchev–Trinajstić information content (AvgIpc) is 3.14. The molecule has 1 saturated heterocycles. The maximum atomic E-state index is 11.9. The van der Waals surface area contributed by atoms with Gasteiger partial charge in [-0.25, -0.2) is 4.98 Å². The third-order valence-corrected chi connectivity index (χ3v) is 6.19. The van der Waals surface area contributed by atoms with Crippen LogP contribution < -0.4 is 16.0 Å². The molecule has 2 heterocycles. The van der Waals surface area contributed by atoms with Gasteiger partial charge in [-0.1, -0.05) is 45.7 Å². The molecule has 1 amide bonds. The first-order valence-corrected chi connectivity index (χ1v) is 10.9. The number of hydrogen-bond acceptors (Lipinski definition) is 4. The van der Waals surface area contributed by atoms with Crippen LogP contribution in [0.2, 0.25) is 0 Å². The maximum absolute atomic E-state index is 11.9. The summed E-state index contributed by atoms with van der Waals surface area (Å²) in [5.41, 5.74) is 8.61. The second-order valence-electron chi connectivity index (χ2n) is 8.28. The zero-order chi connectivity index (χ0) is 20.9. The summed E-state index contributed by atoms with van der Waals surface area (Å²) in [6.07, 6.45) is 7.01. The standard InChI is InChI=1S/C24H34N4O/c1-4-7-18-8-10-19(11-9-18)26-23-20(22(25)29)12-13-21(27-23)28-16-15-24(6-3,17-28)14-5-2/h8-13H,4-7,14-17H2,1-3H3,(H2,25,29)(H,26,27). The molecule has 0 radical (unpaired) electrons. The molecule has 5 nitrogen and oxygen atoms in total. The van der Waals surface area contributed by atoms with Crippen molar-refractivity contribution in [3.8, 4) is 0 Å². The van der Waals surface area contributed by atoms with E-state index >= 15 is 0 Å². The molecule has 0 aliphatic carbocycles. The molecule has 1 aromatic heterocycles. The summed E-state index contributed by atoms with van der Waals surface area (Å²) < 4.78 is 0. The molecule has 0 bridgehead atoms. The lowest BCUT2D eigenvalue weighted by Crippen LogP contribution is -2.27. The summed E-state index contributed by atoms with van der Waals surface area (Å²) >= 11 is 0. The molecule has 2 aromatic rings. The lowest BCUT2D eigenvalue weighted by molar-refractivity contribution is 0.100. The molecule has 1 unspecified atom stereocenters. The Morgan fingerprint density at radius 3 is 2.52 bits per heavy atom. The van der Waals surface area contributed by atoms with Gasteiger partial charge < -0.3 is 16.0 Å². The molecule has 5 heteroatoms. The van der Waals surface area contributed by atoms with Gasteiger partial charge in [0.15, 0.2) is 0 Å². The van der Waals surface area contributed by atoms with Crippen LogP contribution in [0.4, 0.5) is 17.3 Å². The normalized spacial score (nSPS) is 18.8. The summed E-state index contributed by atoms with van der Waals surface area (Å²) in [5, 5.41) is 3.31. The number of aryl methyl sites for hydroxylation is 1. The van der Waals surface area contributed by atoms with Crippen molar-refractivity contribution >= 4 is 23.2 Å². The quantitative estimate of drug-likeness (QED) is 0.607. The molecule has 1 aliphatic heterocycles. The number of anilines is 3. The first-order chi connectivity index (χ1) is 14.0. The van der Waals surface area contributed by atoms with Gasteiger partial charge in [-0.2, -0.15) is 0 Å². The van der Waals surface area contributed by atoms with E-state index in [9.17, 15) is 4.79 Å². The van der Waals surface area contributed by atoms with Crippen LogP contribution in [0.5, 0.6) is 0 Å². The molecular weight excluding hydrogens is 360 g/mol. The van der Waals surface area contributed by atoms with Gasteiger partial charge in [0.25, 0.3) is 5.91 Å². The second-order valence-corrected chi connectivity index (χ2v) is 8.28. The van der Waals surface area contributed by atoms with Crippen molar-refractivity contribution in [3.05, 3.63) is 47.5 Å². The van der Waals surface area contributed by atoms with Crippen LogP contribution in [-0.2, 0) is 6.42 Å². The number of nitrogens with two attached hydrogens (primary N) is 1. The minimum Gasteiger partial charge on any atom is -0.365 e. The monoisotopic (exact) mass is 394 g/mol. The van der Waals surface area contributed by atoms with Crippen LogP contribution in [0.1, 0.15) is 68.8 Å². The smallest absolute Gasteiger partial charge is 0.252 e. The fraction of sp³-hybridized carbons (Fsp3) is 0.500. The van der Waals surface area contributed by atoms with E-state index in [4.69, 9.17) is 10.7 Å². The number of carbonyl (C=O) groups is 1. The van der Waals surface area contributed by atoms with E-state index < -0.39 is 5.91 Å². The van der Waals surface area contributed by atoms with Crippen LogP contribution in [0, 0.1) is 5.41 Å². The maximum Gasteiger partial charge on any atom is 0.252 e. The zero-order valence-electron chi connectivity index (χ0n) is 18.0. The summed E-state index contributed by atoms with van der Waals surface area (Å²) in [6, 6.07) is 12.0. The van der Waals surface area contributed by atoms with E-state index in [0.717, 1.165) is 37.4 Å². The average molecular weight is 395 g/mol. The first-order valence-electron chi connectivity index (χ1n) is 10.9. The highest BCUT2D eigenvalue weighted by atomic mass is 16.1. The van der Waals surface area contributed by atoms with Gasteiger partial charge in [-0.15, -0.1) is 0 Å². The Hall–Kier alpha value is -2.56. The van der Waals surface area contributed by atoms with Crippen molar-refractivity contribution in [1.82, 2.24) is 4.98 Å². The van der Waals surface area contributed by atoms with Gasteiger partial charge in [-0.05, 0) is 60.9 Å². The SMILES string of the molecule is CCCc1ccc(Nc2nc(N3CCC(CC)(CCC)C3)ccc2C(N)=O)cc1. The van der Waals surface area contributed by atoms with E-state index in [0.29, 0.717) is 16.8 Å². The Morgan fingerprint density at radius 1 is 1.14 bits per heavy atom. The molecule has 1 atom stereocenters. The number of amides is 1. The molecule has 3 rings (SSSR count). The summed E-state index contributed by atoms with van der Waals surface area (Å²) in [4.78, 5) is 19.1. The van der Waals surface area contributed by atoms with Crippen molar-refractivity contribution in [2.24, 2.45) is 11.1 Å². The number of pyridine rings is 1. The Bertz CT molecular complexity index is 833. The topological polar surface area (TPSA) is 71.2 Å². The summed E-state index contributed by atoms with van der Waals surface area (Å²) in [7, 11) is 0. The molecule has 1 fully saturated rings. The minimum absolute atomic E-state index is 0.376. The molecule has 3 N–H and O–H groups in total. The van der Waals surface area contributed by atoms with E-state index in [-0.39, 0.29) is 0 Å². The number of nitrogens with zero attached hydrogens (tertiary/aromatic N) is 2. The molecule has 0 saturated carbocycles. The summed E-state index contributed by atoms with van der Waals surface area (Å²) in [5.74, 6) is 0.971. The predicted molar refractivity (Wildman–Crippen MR) is 121 cm³/mol. The first kappa shape index (κ1) is 21.2. The molecule has 29 heavy (non-hydrogen) atoms. The number of rotatable bonds is 9. The van der Waals surface area contributed by atoms with E-state index in [1.165, 1.54) is 31.2 Å². The predicted octanol–water partition coefficient (Wildman–Crippen LogP) is 5.28. The highest BCUT2D eigenvalue weighted by Crippen LogP contribution is 2.40. The lowest BCUT2D eigenvalue weighted by Gasteiger charge is -2.28. The Balaban J connectivity index is 1.84. The molecule has 1 aromatic carbocycles. The minimum atomic E-state index is -0.468. The van der Waals surface area contributed by atoms with Gasteiger partial charge in [0.1, 0.15) is 11.6 Å². The van der Waals surface area contributed by atoms with E-state index in [1.807, 2.05) is 18.2 Å². The van der Waals surface area contributed by atoms with Crippen molar-refractivity contribution in [2.75, 3.05) is 23.3 Å². The van der Waals surface area contributed by atoms with Crippen LogP contribution in [0.25, 0.3) is 0 Å². The zero-order valence-corrected chi connectivity index (χ0v) is 18.0. The van der Waals surface area contributed by atoms with Crippen molar-refractivity contribution in [2.45, 2.75) is 59.3 Å². The molecule has 156 valence electrons. The number of carbonyl (C=O) groups excluding carboxylic acids is 1. The summed E-state index contributed by atoms with van der Waals surface area (Å²) in [6.45, 7) is 8.74. The number of nitrogens with one attached hydrogen (secondary N) is 1. The fourth-order valence-electron chi connectivity index (χ4n) is 4.43. The molecule has 1 aliphatic rings. The second kappa shape index (κ2) is 9.29. The third-order valence-electron chi connectivity index (χ3n) is 6.19. The number of aromatic nitrogens is 1.